The first-order valence-corrected chi connectivity index (χ1v) is 9.41. The lowest BCUT2D eigenvalue weighted by molar-refractivity contribution is -0.130. The topological polar surface area (TPSA) is 133 Å². The van der Waals surface area contributed by atoms with Crippen LogP contribution in [0.4, 0.5) is 0 Å². The van der Waals surface area contributed by atoms with Crippen molar-refractivity contribution in [1.29, 1.82) is 0 Å². The van der Waals surface area contributed by atoms with Crippen LogP contribution in [0, 0.1) is 6.92 Å². The van der Waals surface area contributed by atoms with Crippen molar-refractivity contribution in [2.45, 2.75) is 70.5 Å². The monoisotopic (exact) mass is 380 g/mol. The van der Waals surface area contributed by atoms with Gasteiger partial charge in [-0.25, -0.2) is 4.79 Å². The first kappa shape index (κ1) is 20.9. The lowest BCUT2D eigenvalue weighted by Crippen LogP contribution is -2.52. The average molecular weight is 380 g/mol. The molecule has 1 aliphatic rings. The van der Waals surface area contributed by atoms with Gasteiger partial charge in [0.1, 0.15) is 12.6 Å². The summed E-state index contributed by atoms with van der Waals surface area (Å²) in [7, 11) is 0. The quantitative estimate of drug-likeness (QED) is 0.531. The van der Waals surface area contributed by atoms with E-state index in [0.717, 1.165) is 43.1 Å². The number of aromatic nitrogens is 2. The molecule has 2 amide bonds. The average Bonchev–Trinajstić information content (AvgIpc) is 2.59. The zero-order valence-corrected chi connectivity index (χ0v) is 15.6. The summed E-state index contributed by atoms with van der Waals surface area (Å²) >= 11 is 0. The molecule has 150 valence electrons. The van der Waals surface area contributed by atoms with Crippen LogP contribution < -0.4 is 21.9 Å². The van der Waals surface area contributed by atoms with E-state index in [-0.39, 0.29) is 12.6 Å². The number of aliphatic hydroxyl groups excluding tert-OH is 1. The van der Waals surface area contributed by atoms with Gasteiger partial charge in [0, 0.05) is 17.8 Å². The van der Waals surface area contributed by atoms with E-state index in [2.05, 4.69) is 15.6 Å². The molecule has 9 heteroatoms. The van der Waals surface area contributed by atoms with E-state index in [0.29, 0.717) is 5.56 Å². The highest BCUT2D eigenvalue weighted by molar-refractivity contribution is 5.87. The number of amides is 2. The number of hydrogen-bond donors (Lipinski definition) is 4. The van der Waals surface area contributed by atoms with Crippen molar-refractivity contribution in [3.8, 4) is 0 Å². The van der Waals surface area contributed by atoms with Crippen molar-refractivity contribution in [2.24, 2.45) is 0 Å². The molecule has 0 aromatic carbocycles. The SMILES string of the molecule is Cc1cn(CC(=O)NC(CO)C(=O)NC2CCCCCCC2)c(=O)[nH]c1=O. The van der Waals surface area contributed by atoms with Gasteiger partial charge in [-0.2, -0.15) is 0 Å². The molecule has 1 atom stereocenters. The van der Waals surface area contributed by atoms with E-state index >= 15 is 0 Å². The minimum Gasteiger partial charge on any atom is -0.394 e. The van der Waals surface area contributed by atoms with Gasteiger partial charge in [0.2, 0.25) is 11.8 Å². The second-order valence-corrected chi connectivity index (χ2v) is 7.05. The fraction of sp³-hybridized carbons (Fsp3) is 0.667. The van der Waals surface area contributed by atoms with Gasteiger partial charge in [-0.15, -0.1) is 0 Å². The molecule has 1 heterocycles. The summed E-state index contributed by atoms with van der Waals surface area (Å²) in [5, 5.41) is 14.8. The van der Waals surface area contributed by atoms with Crippen LogP contribution in [-0.4, -0.2) is 45.2 Å². The van der Waals surface area contributed by atoms with Gasteiger partial charge in [0.05, 0.1) is 6.61 Å². The molecule has 1 aromatic heterocycles. The van der Waals surface area contributed by atoms with Crippen molar-refractivity contribution in [3.63, 3.8) is 0 Å². The number of aromatic amines is 1. The number of rotatable bonds is 6. The second-order valence-electron chi connectivity index (χ2n) is 7.05. The number of nitrogens with zero attached hydrogens (tertiary/aromatic N) is 1. The highest BCUT2D eigenvalue weighted by Crippen LogP contribution is 2.17. The lowest BCUT2D eigenvalue weighted by atomic mass is 9.96. The van der Waals surface area contributed by atoms with Crippen LogP contribution in [0.2, 0.25) is 0 Å². The van der Waals surface area contributed by atoms with E-state index < -0.39 is 35.7 Å². The van der Waals surface area contributed by atoms with Gasteiger partial charge in [0.25, 0.3) is 5.56 Å². The normalized spacial score (nSPS) is 16.8. The first-order chi connectivity index (χ1) is 12.9. The molecule has 9 nitrogen and oxygen atoms in total. The zero-order chi connectivity index (χ0) is 19.8. The number of aryl methyl sites for hydroxylation is 1. The van der Waals surface area contributed by atoms with Gasteiger partial charge in [-0.3, -0.25) is 23.9 Å². The molecule has 1 saturated carbocycles. The van der Waals surface area contributed by atoms with Crippen molar-refractivity contribution >= 4 is 11.8 Å². The minimum absolute atomic E-state index is 0.0493. The second kappa shape index (κ2) is 10.1. The molecule has 0 aliphatic heterocycles. The Morgan fingerprint density at radius 2 is 1.85 bits per heavy atom. The molecule has 27 heavy (non-hydrogen) atoms. The van der Waals surface area contributed by atoms with E-state index in [9.17, 15) is 24.3 Å². The predicted molar refractivity (Wildman–Crippen MR) is 99.3 cm³/mol. The fourth-order valence-corrected chi connectivity index (χ4v) is 3.23. The van der Waals surface area contributed by atoms with Crippen molar-refractivity contribution in [3.05, 3.63) is 32.6 Å². The summed E-state index contributed by atoms with van der Waals surface area (Å²) in [5.41, 5.74) is -0.924. The Morgan fingerprint density at radius 1 is 1.22 bits per heavy atom. The first-order valence-electron chi connectivity index (χ1n) is 9.41. The van der Waals surface area contributed by atoms with Crippen LogP contribution in [0.25, 0.3) is 0 Å². The number of H-pyrrole nitrogens is 1. The number of aliphatic hydroxyl groups is 1. The molecule has 1 unspecified atom stereocenters. The summed E-state index contributed by atoms with van der Waals surface area (Å²) in [4.78, 5) is 49.8. The van der Waals surface area contributed by atoms with E-state index in [1.807, 2.05) is 0 Å². The van der Waals surface area contributed by atoms with Gasteiger partial charge in [-0.05, 0) is 19.8 Å². The van der Waals surface area contributed by atoms with Crippen LogP contribution in [0.15, 0.2) is 15.8 Å². The van der Waals surface area contributed by atoms with E-state index in [1.165, 1.54) is 19.5 Å². The van der Waals surface area contributed by atoms with Crippen LogP contribution in [0.1, 0.15) is 50.5 Å². The number of carbonyl (C=O) groups excluding carboxylic acids is 2. The Balaban J connectivity index is 1.93. The highest BCUT2D eigenvalue weighted by atomic mass is 16.3. The molecule has 2 rings (SSSR count). The van der Waals surface area contributed by atoms with Gasteiger partial charge >= 0.3 is 5.69 Å². The minimum atomic E-state index is -1.08. The molecule has 0 saturated heterocycles. The summed E-state index contributed by atoms with van der Waals surface area (Å²) in [6, 6.07) is -1.03. The Labute approximate surface area is 157 Å². The van der Waals surface area contributed by atoms with Gasteiger partial charge in [0.15, 0.2) is 0 Å². The van der Waals surface area contributed by atoms with Crippen LogP contribution >= 0.6 is 0 Å². The van der Waals surface area contributed by atoms with Crippen molar-refractivity contribution in [1.82, 2.24) is 20.2 Å². The lowest BCUT2D eigenvalue weighted by Gasteiger charge is -2.24. The van der Waals surface area contributed by atoms with Crippen LogP contribution in [-0.2, 0) is 16.1 Å². The van der Waals surface area contributed by atoms with Crippen LogP contribution in [0.3, 0.4) is 0 Å². The summed E-state index contributed by atoms with van der Waals surface area (Å²) in [6.07, 6.45) is 8.70. The Morgan fingerprint density at radius 3 is 2.48 bits per heavy atom. The molecule has 1 aromatic rings. The summed E-state index contributed by atoms with van der Waals surface area (Å²) < 4.78 is 1.05. The molecule has 1 fully saturated rings. The van der Waals surface area contributed by atoms with E-state index in [1.54, 1.807) is 0 Å². The third-order valence-corrected chi connectivity index (χ3v) is 4.79. The standard InChI is InChI=1S/C18H28N4O5/c1-12-9-22(18(27)21-16(12)25)10-15(24)20-14(11-23)17(26)19-13-7-5-3-2-4-6-8-13/h9,13-14,23H,2-8,10-11H2,1H3,(H,19,26)(H,20,24)(H,21,25,27). The van der Waals surface area contributed by atoms with Crippen molar-refractivity contribution in [2.75, 3.05) is 6.61 Å². The molecule has 0 spiro atoms. The maximum Gasteiger partial charge on any atom is 0.328 e. The molecular formula is C18H28N4O5. The molecule has 0 bridgehead atoms. The van der Waals surface area contributed by atoms with E-state index in [4.69, 9.17) is 0 Å². The summed E-state index contributed by atoms with van der Waals surface area (Å²) in [6.45, 7) is 0.624. The highest BCUT2D eigenvalue weighted by Gasteiger charge is 2.23. The molecule has 4 N–H and O–H groups in total. The van der Waals surface area contributed by atoms with Crippen LogP contribution in [0.5, 0.6) is 0 Å². The number of hydrogen-bond acceptors (Lipinski definition) is 5. The third-order valence-electron chi connectivity index (χ3n) is 4.79. The van der Waals surface area contributed by atoms with Gasteiger partial charge < -0.3 is 15.7 Å². The third kappa shape index (κ3) is 6.35. The molecular weight excluding hydrogens is 352 g/mol. The van der Waals surface area contributed by atoms with Gasteiger partial charge in [-0.1, -0.05) is 32.1 Å². The fourth-order valence-electron chi connectivity index (χ4n) is 3.23. The Kier molecular flexibility index (Phi) is 7.78. The smallest absolute Gasteiger partial charge is 0.328 e. The Hall–Kier alpha value is -2.42. The largest absolute Gasteiger partial charge is 0.394 e. The summed E-state index contributed by atoms with van der Waals surface area (Å²) in [5.74, 6) is -1.03. The Bertz CT molecular complexity index is 762. The predicted octanol–water partition coefficient (Wildman–Crippen LogP) is -0.449. The maximum absolute atomic E-state index is 12.4. The van der Waals surface area contributed by atoms with Crippen molar-refractivity contribution < 1.29 is 14.7 Å². The maximum atomic E-state index is 12.4. The molecule has 0 radical (unpaired) electrons. The zero-order valence-electron chi connectivity index (χ0n) is 15.6. The number of carbonyl (C=O) groups is 2. The molecule has 1 aliphatic carbocycles. The number of nitrogens with one attached hydrogen (secondary N) is 3.